The summed E-state index contributed by atoms with van der Waals surface area (Å²) >= 11 is 0. The largest absolute Gasteiger partial charge is 0.496 e. The molecule has 0 aromatic heterocycles. The van der Waals surface area contributed by atoms with E-state index in [1.165, 1.54) is 19.2 Å². The zero-order valence-corrected chi connectivity index (χ0v) is 11.2. The molecule has 0 heterocycles. The van der Waals surface area contributed by atoms with E-state index in [9.17, 15) is 10.1 Å². The predicted octanol–water partition coefficient (Wildman–Crippen LogP) is 2.14. The molecule has 6 nitrogen and oxygen atoms in total. The number of non-ortho nitro benzene ring substituents is 1. The smallest absolute Gasteiger partial charge is 0.275 e. The molecule has 19 heavy (non-hydrogen) atoms. The van der Waals surface area contributed by atoms with Crippen LogP contribution in [0, 0.1) is 16.0 Å². The fourth-order valence-electron chi connectivity index (χ4n) is 2.25. The molecule has 0 radical (unpaired) electrons. The van der Waals surface area contributed by atoms with Crippen LogP contribution in [0.25, 0.3) is 0 Å². The van der Waals surface area contributed by atoms with Gasteiger partial charge >= 0.3 is 0 Å². The third-order valence-corrected chi connectivity index (χ3v) is 3.67. The molecule has 104 valence electrons. The zero-order chi connectivity index (χ0) is 14.0. The number of anilines is 1. The fraction of sp³-hybridized carbons (Fsp3) is 0.538. The summed E-state index contributed by atoms with van der Waals surface area (Å²) in [5, 5.41) is 14.2. The summed E-state index contributed by atoms with van der Waals surface area (Å²) in [7, 11) is 1.49. The maximum Gasteiger partial charge on any atom is 0.275 e. The van der Waals surface area contributed by atoms with Crippen LogP contribution in [-0.2, 0) is 0 Å². The van der Waals surface area contributed by atoms with Gasteiger partial charge < -0.3 is 15.8 Å². The number of nitro benzene ring substituents is 1. The van der Waals surface area contributed by atoms with E-state index in [2.05, 4.69) is 12.2 Å². The molecule has 1 unspecified atom stereocenters. The molecule has 1 aromatic rings. The molecular weight excluding hydrogens is 246 g/mol. The van der Waals surface area contributed by atoms with E-state index in [-0.39, 0.29) is 11.2 Å². The SMILES string of the molecule is COc1cc(NC(C)(CN)C2CC2)cc([N+](=O)[O-])c1. The second-order valence-electron chi connectivity index (χ2n) is 5.20. The van der Waals surface area contributed by atoms with E-state index in [4.69, 9.17) is 10.5 Å². The Morgan fingerprint density at radius 2 is 2.21 bits per heavy atom. The Morgan fingerprint density at radius 1 is 1.53 bits per heavy atom. The van der Waals surface area contributed by atoms with Crippen molar-refractivity contribution in [1.29, 1.82) is 0 Å². The van der Waals surface area contributed by atoms with Gasteiger partial charge in [0, 0.05) is 29.9 Å². The lowest BCUT2D eigenvalue weighted by molar-refractivity contribution is -0.384. The summed E-state index contributed by atoms with van der Waals surface area (Å²) in [6, 6.07) is 4.67. The van der Waals surface area contributed by atoms with E-state index in [1.54, 1.807) is 6.07 Å². The Kier molecular flexibility index (Phi) is 3.61. The molecule has 3 N–H and O–H groups in total. The predicted molar refractivity (Wildman–Crippen MR) is 73.5 cm³/mol. The van der Waals surface area contributed by atoms with Gasteiger partial charge in [-0.05, 0) is 25.7 Å². The molecule has 1 saturated carbocycles. The molecule has 0 bridgehead atoms. The van der Waals surface area contributed by atoms with Crippen LogP contribution >= 0.6 is 0 Å². The van der Waals surface area contributed by atoms with Crippen molar-refractivity contribution in [3.8, 4) is 5.75 Å². The first kappa shape index (κ1) is 13.6. The van der Waals surface area contributed by atoms with Gasteiger partial charge in [0.05, 0.1) is 18.1 Å². The van der Waals surface area contributed by atoms with Crippen LogP contribution in [0.2, 0.25) is 0 Å². The third kappa shape index (κ3) is 2.96. The highest BCUT2D eigenvalue weighted by Crippen LogP contribution is 2.41. The molecule has 2 rings (SSSR count). The highest BCUT2D eigenvalue weighted by Gasteiger charge is 2.40. The molecule has 0 saturated heterocycles. The Hall–Kier alpha value is -1.82. The first-order valence-electron chi connectivity index (χ1n) is 6.30. The lowest BCUT2D eigenvalue weighted by Gasteiger charge is -2.30. The lowest BCUT2D eigenvalue weighted by atomic mass is 9.95. The third-order valence-electron chi connectivity index (χ3n) is 3.67. The maximum atomic E-state index is 10.9. The Morgan fingerprint density at radius 3 is 2.68 bits per heavy atom. The number of nitrogens with zero attached hydrogens (tertiary/aromatic N) is 1. The van der Waals surface area contributed by atoms with E-state index in [0.29, 0.717) is 23.9 Å². The summed E-state index contributed by atoms with van der Waals surface area (Å²) < 4.78 is 5.09. The van der Waals surface area contributed by atoms with Gasteiger partial charge in [0.25, 0.3) is 5.69 Å². The number of hydrogen-bond donors (Lipinski definition) is 2. The molecule has 1 fully saturated rings. The maximum absolute atomic E-state index is 10.9. The minimum absolute atomic E-state index is 0.0111. The van der Waals surface area contributed by atoms with Gasteiger partial charge in [0.15, 0.2) is 0 Å². The number of benzene rings is 1. The minimum atomic E-state index is -0.426. The number of nitrogens with one attached hydrogen (secondary N) is 1. The molecule has 1 aliphatic rings. The Bertz CT molecular complexity index is 488. The lowest BCUT2D eigenvalue weighted by Crippen LogP contribution is -2.44. The number of hydrogen-bond acceptors (Lipinski definition) is 5. The fourth-order valence-corrected chi connectivity index (χ4v) is 2.25. The summed E-state index contributed by atoms with van der Waals surface area (Å²) in [4.78, 5) is 10.5. The van der Waals surface area contributed by atoms with Crippen molar-refractivity contribution in [2.45, 2.75) is 25.3 Å². The van der Waals surface area contributed by atoms with Crippen LogP contribution in [0.5, 0.6) is 5.75 Å². The van der Waals surface area contributed by atoms with Gasteiger partial charge in [0.1, 0.15) is 5.75 Å². The van der Waals surface area contributed by atoms with Crippen LogP contribution in [-0.4, -0.2) is 24.1 Å². The summed E-state index contributed by atoms with van der Waals surface area (Å²) in [5.74, 6) is 0.995. The van der Waals surface area contributed by atoms with Crippen molar-refractivity contribution in [2.24, 2.45) is 11.7 Å². The molecule has 6 heteroatoms. The quantitative estimate of drug-likeness (QED) is 0.607. The monoisotopic (exact) mass is 265 g/mol. The highest BCUT2D eigenvalue weighted by atomic mass is 16.6. The number of ether oxygens (including phenoxy) is 1. The molecule has 1 atom stereocenters. The van der Waals surface area contributed by atoms with Crippen LogP contribution in [0.4, 0.5) is 11.4 Å². The molecule has 0 aliphatic heterocycles. The van der Waals surface area contributed by atoms with Gasteiger partial charge in [-0.25, -0.2) is 0 Å². The standard InChI is InChI=1S/C13H19N3O3/c1-13(8-14,9-3-4-9)15-10-5-11(16(17)18)7-12(6-10)19-2/h5-7,9,15H,3-4,8,14H2,1-2H3. The van der Waals surface area contributed by atoms with Crippen molar-refractivity contribution in [2.75, 3.05) is 19.0 Å². The number of nitro groups is 1. The van der Waals surface area contributed by atoms with Crippen molar-refractivity contribution in [3.63, 3.8) is 0 Å². The molecule has 0 amide bonds. The number of rotatable bonds is 6. The van der Waals surface area contributed by atoms with Crippen molar-refractivity contribution in [3.05, 3.63) is 28.3 Å². The second kappa shape index (κ2) is 5.05. The highest BCUT2D eigenvalue weighted by molar-refractivity contribution is 5.57. The van der Waals surface area contributed by atoms with E-state index in [0.717, 1.165) is 12.8 Å². The molecule has 0 spiro atoms. The normalized spacial score (nSPS) is 17.6. The average Bonchev–Trinajstić information content (AvgIpc) is 3.22. The van der Waals surface area contributed by atoms with Gasteiger partial charge in [-0.3, -0.25) is 10.1 Å². The van der Waals surface area contributed by atoms with Gasteiger partial charge in [-0.15, -0.1) is 0 Å². The van der Waals surface area contributed by atoms with Crippen molar-refractivity contribution < 1.29 is 9.66 Å². The number of nitrogens with two attached hydrogens (primary N) is 1. The van der Waals surface area contributed by atoms with Gasteiger partial charge in [-0.1, -0.05) is 0 Å². The van der Waals surface area contributed by atoms with Crippen LogP contribution in [0.1, 0.15) is 19.8 Å². The number of methoxy groups -OCH3 is 1. The van der Waals surface area contributed by atoms with E-state index >= 15 is 0 Å². The summed E-state index contributed by atoms with van der Waals surface area (Å²) in [6.45, 7) is 2.54. The first-order valence-corrected chi connectivity index (χ1v) is 6.30. The van der Waals surface area contributed by atoms with Gasteiger partial charge in [-0.2, -0.15) is 0 Å². The Labute approximate surface area is 112 Å². The topological polar surface area (TPSA) is 90.4 Å². The molecular formula is C13H19N3O3. The van der Waals surface area contributed by atoms with Gasteiger partial charge in [0.2, 0.25) is 0 Å². The van der Waals surface area contributed by atoms with Crippen LogP contribution in [0.15, 0.2) is 18.2 Å². The first-order chi connectivity index (χ1) is 8.98. The molecule has 1 aliphatic carbocycles. The summed E-state index contributed by atoms with van der Waals surface area (Å²) in [6.07, 6.45) is 2.29. The Balaban J connectivity index is 2.28. The van der Waals surface area contributed by atoms with Crippen molar-refractivity contribution in [1.82, 2.24) is 0 Å². The van der Waals surface area contributed by atoms with Crippen molar-refractivity contribution >= 4 is 11.4 Å². The zero-order valence-electron chi connectivity index (χ0n) is 11.2. The van der Waals surface area contributed by atoms with E-state index < -0.39 is 4.92 Å². The second-order valence-corrected chi connectivity index (χ2v) is 5.20. The van der Waals surface area contributed by atoms with E-state index in [1.807, 2.05) is 0 Å². The van der Waals surface area contributed by atoms with Crippen LogP contribution in [0.3, 0.4) is 0 Å². The average molecular weight is 265 g/mol. The van der Waals surface area contributed by atoms with Crippen LogP contribution < -0.4 is 15.8 Å². The molecule has 1 aromatic carbocycles. The summed E-state index contributed by atoms with van der Waals surface area (Å²) in [5.41, 5.74) is 6.30. The minimum Gasteiger partial charge on any atom is -0.496 e.